The van der Waals surface area contributed by atoms with Crippen molar-refractivity contribution in [3.05, 3.63) is 35.9 Å². The van der Waals surface area contributed by atoms with Crippen LogP contribution in [0.3, 0.4) is 0 Å². The minimum absolute atomic E-state index is 0.0158. The average molecular weight is 317 g/mol. The van der Waals surface area contributed by atoms with E-state index in [0.29, 0.717) is 13.0 Å². The molecule has 1 amide bonds. The molecular weight excluding hydrogens is 290 g/mol. The monoisotopic (exact) mass is 317 g/mol. The molecule has 2 saturated heterocycles. The lowest BCUT2D eigenvalue weighted by atomic mass is 10.1. The van der Waals surface area contributed by atoms with Crippen LogP contribution in [-0.2, 0) is 16.1 Å². The van der Waals surface area contributed by atoms with Crippen LogP contribution in [0.2, 0.25) is 0 Å². The SMILES string of the molecule is C[C@@H]1CNCCN1C(=O)C[C@@H]1CN(Cc2ccccc2)CCO1. The summed E-state index contributed by atoms with van der Waals surface area (Å²) in [4.78, 5) is 16.9. The Kier molecular flexibility index (Phi) is 5.65. The quantitative estimate of drug-likeness (QED) is 0.903. The number of hydrogen-bond acceptors (Lipinski definition) is 4. The van der Waals surface area contributed by atoms with Crippen LogP contribution in [0, 0.1) is 0 Å². The van der Waals surface area contributed by atoms with Crippen molar-refractivity contribution in [1.29, 1.82) is 0 Å². The fraction of sp³-hybridized carbons (Fsp3) is 0.611. The van der Waals surface area contributed by atoms with Crippen LogP contribution in [0.5, 0.6) is 0 Å². The van der Waals surface area contributed by atoms with Gasteiger partial charge in [0.25, 0.3) is 0 Å². The van der Waals surface area contributed by atoms with Crippen molar-refractivity contribution in [2.45, 2.75) is 32.0 Å². The average Bonchev–Trinajstić information content (AvgIpc) is 2.56. The van der Waals surface area contributed by atoms with Gasteiger partial charge in [-0.05, 0) is 12.5 Å². The van der Waals surface area contributed by atoms with Crippen molar-refractivity contribution >= 4 is 5.91 Å². The molecule has 2 atom stereocenters. The molecule has 0 spiro atoms. The molecule has 3 rings (SSSR count). The molecule has 0 aromatic heterocycles. The summed E-state index contributed by atoms with van der Waals surface area (Å²) >= 11 is 0. The predicted molar refractivity (Wildman–Crippen MR) is 90.1 cm³/mol. The number of nitrogens with one attached hydrogen (secondary N) is 1. The Bertz CT molecular complexity index is 508. The van der Waals surface area contributed by atoms with Crippen molar-refractivity contribution in [3.8, 4) is 0 Å². The third-order valence-electron chi connectivity index (χ3n) is 4.70. The maximum Gasteiger partial charge on any atom is 0.225 e. The molecule has 2 fully saturated rings. The summed E-state index contributed by atoms with van der Waals surface area (Å²) in [5.74, 6) is 0.227. The van der Waals surface area contributed by atoms with Crippen LogP contribution in [-0.4, -0.2) is 67.2 Å². The summed E-state index contributed by atoms with van der Waals surface area (Å²) in [7, 11) is 0. The van der Waals surface area contributed by atoms with E-state index >= 15 is 0 Å². The second-order valence-corrected chi connectivity index (χ2v) is 6.56. The molecule has 0 unspecified atom stereocenters. The van der Waals surface area contributed by atoms with E-state index in [4.69, 9.17) is 4.74 Å². The Morgan fingerprint density at radius 1 is 1.30 bits per heavy atom. The second kappa shape index (κ2) is 7.90. The Balaban J connectivity index is 1.51. The topological polar surface area (TPSA) is 44.8 Å². The molecule has 0 radical (unpaired) electrons. The van der Waals surface area contributed by atoms with Gasteiger partial charge in [0.15, 0.2) is 0 Å². The lowest BCUT2D eigenvalue weighted by Crippen LogP contribution is -2.53. The summed E-state index contributed by atoms with van der Waals surface area (Å²) in [6.07, 6.45) is 0.511. The van der Waals surface area contributed by atoms with Crippen molar-refractivity contribution in [2.24, 2.45) is 0 Å². The van der Waals surface area contributed by atoms with Crippen molar-refractivity contribution in [1.82, 2.24) is 15.1 Å². The number of morpholine rings is 1. The standard InChI is InChI=1S/C18H27N3O2/c1-15-12-19-7-8-21(15)18(22)11-17-14-20(9-10-23-17)13-16-5-3-2-4-6-16/h2-6,15,17,19H,7-14H2,1H3/t15-,17-/m1/s1. The predicted octanol–water partition coefficient (Wildman–Crippen LogP) is 1.10. The summed E-state index contributed by atoms with van der Waals surface area (Å²) in [5.41, 5.74) is 1.32. The van der Waals surface area contributed by atoms with Crippen LogP contribution < -0.4 is 5.32 Å². The summed E-state index contributed by atoms with van der Waals surface area (Å²) < 4.78 is 5.84. The molecule has 23 heavy (non-hydrogen) atoms. The highest BCUT2D eigenvalue weighted by Gasteiger charge is 2.28. The zero-order chi connectivity index (χ0) is 16.1. The van der Waals surface area contributed by atoms with Crippen molar-refractivity contribution < 1.29 is 9.53 Å². The lowest BCUT2D eigenvalue weighted by molar-refractivity contribution is -0.139. The first-order chi connectivity index (χ1) is 11.2. The molecule has 1 aromatic carbocycles. The molecule has 5 nitrogen and oxygen atoms in total. The van der Waals surface area contributed by atoms with E-state index in [9.17, 15) is 4.79 Å². The van der Waals surface area contributed by atoms with E-state index in [-0.39, 0.29) is 18.1 Å². The first-order valence-electron chi connectivity index (χ1n) is 8.60. The zero-order valence-corrected chi connectivity index (χ0v) is 13.9. The van der Waals surface area contributed by atoms with Gasteiger partial charge < -0.3 is 15.0 Å². The van der Waals surface area contributed by atoms with Gasteiger partial charge in [0.1, 0.15) is 0 Å². The van der Waals surface area contributed by atoms with E-state index in [1.807, 2.05) is 11.0 Å². The number of benzene rings is 1. The van der Waals surface area contributed by atoms with Crippen molar-refractivity contribution in [2.75, 3.05) is 39.3 Å². The zero-order valence-electron chi connectivity index (χ0n) is 13.9. The van der Waals surface area contributed by atoms with Gasteiger partial charge >= 0.3 is 0 Å². The third kappa shape index (κ3) is 4.53. The number of rotatable bonds is 4. The first-order valence-corrected chi connectivity index (χ1v) is 8.60. The molecule has 2 aliphatic rings. The van der Waals surface area contributed by atoms with Crippen LogP contribution in [0.15, 0.2) is 30.3 Å². The first kappa shape index (κ1) is 16.4. The maximum absolute atomic E-state index is 12.5. The van der Waals surface area contributed by atoms with Gasteiger partial charge in [-0.25, -0.2) is 0 Å². The number of nitrogens with zero attached hydrogens (tertiary/aromatic N) is 2. The van der Waals surface area contributed by atoms with Crippen LogP contribution in [0.1, 0.15) is 18.9 Å². The molecule has 126 valence electrons. The molecule has 2 aliphatic heterocycles. The van der Waals surface area contributed by atoms with E-state index in [1.54, 1.807) is 0 Å². The minimum atomic E-state index is 0.0158. The van der Waals surface area contributed by atoms with Gasteiger partial charge in [0.2, 0.25) is 5.91 Å². The Labute approximate surface area is 138 Å². The Morgan fingerprint density at radius 3 is 2.91 bits per heavy atom. The van der Waals surface area contributed by atoms with E-state index in [0.717, 1.165) is 39.3 Å². The number of carbonyl (C=O) groups is 1. The van der Waals surface area contributed by atoms with Crippen LogP contribution in [0.4, 0.5) is 0 Å². The number of amides is 1. The van der Waals surface area contributed by atoms with Crippen molar-refractivity contribution in [3.63, 3.8) is 0 Å². The number of ether oxygens (including phenoxy) is 1. The largest absolute Gasteiger partial charge is 0.375 e. The number of carbonyl (C=O) groups excluding carboxylic acids is 1. The third-order valence-corrected chi connectivity index (χ3v) is 4.70. The molecule has 1 N–H and O–H groups in total. The Morgan fingerprint density at radius 2 is 2.13 bits per heavy atom. The normalized spacial score (nSPS) is 26.2. The molecule has 2 heterocycles. The van der Waals surface area contributed by atoms with Crippen LogP contribution in [0.25, 0.3) is 0 Å². The molecule has 5 heteroatoms. The van der Waals surface area contributed by atoms with E-state index < -0.39 is 0 Å². The number of piperazine rings is 1. The van der Waals surface area contributed by atoms with Gasteiger partial charge in [-0.2, -0.15) is 0 Å². The van der Waals surface area contributed by atoms with Crippen LogP contribution >= 0.6 is 0 Å². The maximum atomic E-state index is 12.5. The lowest BCUT2D eigenvalue weighted by Gasteiger charge is -2.37. The summed E-state index contributed by atoms with van der Waals surface area (Å²) in [5, 5.41) is 3.32. The minimum Gasteiger partial charge on any atom is -0.375 e. The van der Waals surface area contributed by atoms with Gasteiger partial charge in [0, 0.05) is 45.3 Å². The highest BCUT2D eigenvalue weighted by atomic mass is 16.5. The van der Waals surface area contributed by atoms with E-state index in [2.05, 4.69) is 41.4 Å². The molecule has 0 saturated carbocycles. The van der Waals surface area contributed by atoms with Gasteiger partial charge in [-0.1, -0.05) is 30.3 Å². The second-order valence-electron chi connectivity index (χ2n) is 6.56. The highest BCUT2D eigenvalue weighted by molar-refractivity contribution is 5.77. The van der Waals surface area contributed by atoms with E-state index in [1.165, 1.54) is 5.56 Å². The molecule has 0 bridgehead atoms. The Hall–Kier alpha value is -1.43. The fourth-order valence-electron chi connectivity index (χ4n) is 3.41. The summed E-state index contributed by atoms with van der Waals surface area (Å²) in [6.45, 7) is 8.10. The van der Waals surface area contributed by atoms with Gasteiger partial charge in [0.05, 0.1) is 19.1 Å². The summed E-state index contributed by atoms with van der Waals surface area (Å²) in [6, 6.07) is 10.8. The highest BCUT2D eigenvalue weighted by Crippen LogP contribution is 2.15. The smallest absolute Gasteiger partial charge is 0.225 e. The van der Waals surface area contributed by atoms with Gasteiger partial charge in [-0.3, -0.25) is 9.69 Å². The fourth-order valence-corrected chi connectivity index (χ4v) is 3.41. The number of hydrogen-bond donors (Lipinski definition) is 1. The van der Waals surface area contributed by atoms with Gasteiger partial charge in [-0.15, -0.1) is 0 Å². The molecular formula is C18H27N3O2. The molecule has 1 aromatic rings. The molecule has 0 aliphatic carbocycles.